The van der Waals surface area contributed by atoms with Gasteiger partial charge in [-0.3, -0.25) is 0 Å². The van der Waals surface area contributed by atoms with Crippen molar-refractivity contribution in [2.24, 2.45) is 0 Å². The van der Waals surface area contributed by atoms with Crippen LogP contribution in [0.15, 0.2) is 27.3 Å². The summed E-state index contributed by atoms with van der Waals surface area (Å²) in [7, 11) is 1.69. The molecule has 0 aliphatic heterocycles. The Morgan fingerprint density at radius 3 is 2.86 bits per heavy atom. The third kappa shape index (κ3) is 1.51. The first-order valence-corrected chi connectivity index (χ1v) is 6.59. The fourth-order valence-corrected chi connectivity index (χ4v) is 3.85. The molecule has 0 aliphatic rings. The predicted molar refractivity (Wildman–Crippen MR) is 67.4 cm³/mol. The molecule has 1 heterocycles. The molecule has 0 fully saturated rings. The lowest BCUT2D eigenvalue weighted by Gasteiger charge is -2.01. The summed E-state index contributed by atoms with van der Waals surface area (Å²) in [5.41, 5.74) is 0. The van der Waals surface area contributed by atoms with Crippen molar-refractivity contribution >= 4 is 45.8 Å². The summed E-state index contributed by atoms with van der Waals surface area (Å²) in [6.45, 7) is 0. The number of thiophene rings is 1. The van der Waals surface area contributed by atoms with Gasteiger partial charge in [0.2, 0.25) is 0 Å². The molecule has 4 heteroatoms. The van der Waals surface area contributed by atoms with Crippen molar-refractivity contribution in [3.63, 3.8) is 0 Å². The van der Waals surface area contributed by atoms with Crippen molar-refractivity contribution in [3.05, 3.63) is 18.2 Å². The van der Waals surface area contributed by atoms with Crippen LogP contribution in [-0.2, 0) is 0 Å². The molecule has 0 atom stereocenters. The van der Waals surface area contributed by atoms with Gasteiger partial charge in [-0.2, -0.15) is 0 Å². The Kier molecular flexibility index (Phi) is 2.95. The molecule has 1 aromatic carbocycles. The van der Waals surface area contributed by atoms with Crippen molar-refractivity contribution < 1.29 is 4.74 Å². The number of benzene rings is 1. The smallest absolute Gasteiger partial charge is 0.128 e. The Morgan fingerprint density at radius 1 is 1.43 bits per heavy atom. The molecule has 0 saturated heterocycles. The number of methoxy groups -OCH3 is 1. The topological polar surface area (TPSA) is 9.23 Å². The molecule has 0 saturated carbocycles. The van der Waals surface area contributed by atoms with Crippen LogP contribution in [0.1, 0.15) is 0 Å². The molecule has 1 aromatic heterocycles. The second-order valence-corrected chi connectivity index (χ2v) is 5.35. The minimum Gasteiger partial charge on any atom is -0.496 e. The molecule has 0 N–H and O–H groups in total. The summed E-state index contributed by atoms with van der Waals surface area (Å²) in [5, 5.41) is 1.13. The fraction of sp³-hybridized carbons (Fsp3) is 0.200. The van der Waals surface area contributed by atoms with Crippen LogP contribution in [0.25, 0.3) is 10.1 Å². The quantitative estimate of drug-likeness (QED) is 0.631. The lowest BCUT2D eigenvalue weighted by Crippen LogP contribution is -1.82. The Morgan fingerprint density at radius 2 is 2.21 bits per heavy atom. The maximum absolute atomic E-state index is 5.31. The summed E-state index contributed by atoms with van der Waals surface area (Å²) in [6.07, 6.45) is 2.07. The number of thiol groups is 1. The Bertz CT molecular complexity index is 462. The van der Waals surface area contributed by atoms with Gasteiger partial charge in [-0.1, -0.05) is 6.07 Å². The number of hydrogen-bond acceptors (Lipinski definition) is 4. The SMILES string of the molecule is COc1cccc2sc(SC)c(S)c12. The van der Waals surface area contributed by atoms with E-state index in [2.05, 4.69) is 25.0 Å². The number of rotatable bonds is 2. The zero-order valence-electron chi connectivity index (χ0n) is 7.90. The zero-order valence-corrected chi connectivity index (χ0v) is 10.4. The van der Waals surface area contributed by atoms with E-state index in [1.807, 2.05) is 12.1 Å². The molecule has 14 heavy (non-hydrogen) atoms. The third-order valence-corrected chi connectivity index (χ3v) is 5.05. The molecule has 0 aliphatic carbocycles. The summed E-state index contributed by atoms with van der Waals surface area (Å²) >= 11 is 8.02. The largest absolute Gasteiger partial charge is 0.496 e. The van der Waals surface area contributed by atoms with Gasteiger partial charge in [0.25, 0.3) is 0 Å². The van der Waals surface area contributed by atoms with Gasteiger partial charge in [-0.15, -0.1) is 35.7 Å². The maximum Gasteiger partial charge on any atom is 0.128 e. The van der Waals surface area contributed by atoms with E-state index in [9.17, 15) is 0 Å². The van der Waals surface area contributed by atoms with Crippen molar-refractivity contribution in [1.29, 1.82) is 0 Å². The van der Waals surface area contributed by atoms with Crippen LogP contribution >= 0.6 is 35.7 Å². The van der Waals surface area contributed by atoms with Crippen LogP contribution in [0.3, 0.4) is 0 Å². The maximum atomic E-state index is 5.31. The van der Waals surface area contributed by atoms with Gasteiger partial charge < -0.3 is 4.74 Å². The van der Waals surface area contributed by atoms with E-state index in [0.29, 0.717) is 0 Å². The number of fused-ring (bicyclic) bond motifs is 1. The summed E-state index contributed by atoms with van der Waals surface area (Å²) in [4.78, 5) is 1.04. The third-order valence-electron chi connectivity index (χ3n) is 2.03. The van der Waals surface area contributed by atoms with Crippen LogP contribution in [0.5, 0.6) is 5.75 Å². The molecular formula is C10H10OS3. The fourth-order valence-electron chi connectivity index (χ4n) is 1.39. The number of thioether (sulfide) groups is 1. The van der Waals surface area contributed by atoms with Crippen molar-refractivity contribution in [2.75, 3.05) is 13.4 Å². The van der Waals surface area contributed by atoms with E-state index in [0.717, 1.165) is 16.0 Å². The minimum absolute atomic E-state index is 0.907. The highest BCUT2D eigenvalue weighted by Gasteiger charge is 2.11. The molecule has 74 valence electrons. The van der Waals surface area contributed by atoms with E-state index >= 15 is 0 Å². The average Bonchev–Trinajstić information content (AvgIpc) is 2.55. The van der Waals surface area contributed by atoms with Gasteiger partial charge in [0.05, 0.1) is 11.3 Å². The number of ether oxygens (including phenoxy) is 1. The minimum atomic E-state index is 0.907. The van der Waals surface area contributed by atoms with Gasteiger partial charge in [0.15, 0.2) is 0 Å². The van der Waals surface area contributed by atoms with Crippen LogP contribution in [0.2, 0.25) is 0 Å². The summed E-state index contributed by atoms with van der Waals surface area (Å²) in [5.74, 6) is 0.907. The van der Waals surface area contributed by atoms with Gasteiger partial charge in [-0.25, -0.2) is 0 Å². The van der Waals surface area contributed by atoms with Crippen LogP contribution in [0, 0.1) is 0 Å². The van der Waals surface area contributed by atoms with Crippen LogP contribution in [0.4, 0.5) is 0 Å². The molecule has 0 bridgehead atoms. The lowest BCUT2D eigenvalue weighted by atomic mass is 10.2. The molecular weight excluding hydrogens is 232 g/mol. The molecule has 0 unspecified atom stereocenters. The van der Waals surface area contributed by atoms with Crippen LogP contribution < -0.4 is 4.74 Å². The van der Waals surface area contributed by atoms with Crippen molar-refractivity contribution in [2.45, 2.75) is 9.10 Å². The van der Waals surface area contributed by atoms with E-state index < -0.39 is 0 Å². The van der Waals surface area contributed by atoms with E-state index in [1.165, 1.54) is 8.91 Å². The molecule has 2 aromatic rings. The van der Waals surface area contributed by atoms with E-state index in [-0.39, 0.29) is 0 Å². The second kappa shape index (κ2) is 4.04. The first-order valence-electron chi connectivity index (χ1n) is 4.10. The van der Waals surface area contributed by atoms with Crippen LogP contribution in [-0.4, -0.2) is 13.4 Å². The highest BCUT2D eigenvalue weighted by molar-refractivity contribution is 8.01. The van der Waals surface area contributed by atoms with E-state index in [1.54, 1.807) is 30.2 Å². The van der Waals surface area contributed by atoms with Crippen molar-refractivity contribution in [1.82, 2.24) is 0 Å². The summed E-state index contributed by atoms with van der Waals surface area (Å²) in [6, 6.07) is 6.08. The van der Waals surface area contributed by atoms with E-state index in [4.69, 9.17) is 4.74 Å². The highest BCUT2D eigenvalue weighted by atomic mass is 32.2. The molecule has 2 rings (SSSR count). The predicted octanol–water partition coefficient (Wildman–Crippen LogP) is 3.92. The molecule has 0 radical (unpaired) electrons. The van der Waals surface area contributed by atoms with Gasteiger partial charge in [0, 0.05) is 15.0 Å². The Hall–Kier alpha value is -0.320. The zero-order chi connectivity index (χ0) is 10.1. The Balaban J connectivity index is 2.79. The molecule has 0 spiro atoms. The second-order valence-electron chi connectivity index (χ2n) is 2.78. The molecule has 0 amide bonds. The molecule has 1 nitrogen and oxygen atoms in total. The van der Waals surface area contributed by atoms with Crippen molar-refractivity contribution in [3.8, 4) is 5.75 Å². The summed E-state index contributed by atoms with van der Waals surface area (Å²) < 4.78 is 7.79. The first-order chi connectivity index (χ1) is 6.77. The van der Waals surface area contributed by atoms with Gasteiger partial charge in [0.1, 0.15) is 5.75 Å². The van der Waals surface area contributed by atoms with Gasteiger partial charge >= 0.3 is 0 Å². The Labute approximate surface area is 96.9 Å². The first kappa shape index (κ1) is 10.2. The highest BCUT2D eigenvalue weighted by Crippen LogP contribution is 2.43. The monoisotopic (exact) mass is 242 g/mol. The standard InChI is InChI=1S/C10H10OS3/c1-11-6-4-3-5-7-8(6)9(12)10(13-2)14-7/h3-5,12H,1-2H3. The average molecular weight is 242 g/mol. The lowest BCUT2D eigenvalue weighted by molar-refractivity contribution is 0.419. The normalized spacial score (nSPS) is 10.8. The van der Waals surface area contributed by atoms with Gasteiger partial charge in [-0.05, 0) is 18.4 Å². The number of hydrogen-bond donors (Lipinski definition) is 1.